The predicted octanol–water partition coefficient (Wildman–Crippen LogP) is 3.29. The van der Waals surface area contributed by atoms with Crippen LogP contribution < -0.4 is 0 Å². The predicted molar refractivity (Wildman–Crippen MR) is 75.9 cm³/mol. The van der Waals surface area contributed by atoms with Crippen LogP contribution in [0.5, 0.6) is 0 Å². The lowest BCUT2D eigenvalue weighted by Gasteiger charge is -2.40. The van der Waals surface area contributed by atoms with Crippen LogP contribution in [0.2, 0.25) is 0 Å². The van der Waals surface area contributed by atoms with Crippen molar-refractivity contribution in [3.63, 3.8) is 0 Å². The number of hydrogen-bond acceptors (Lipinski definition) is 2. The minimum atomic E-state index is -0.711. The first-order valence-electron chi connectivity index (χ1n) is 7.26. The van der Waals surface area contributed by atoms with Crippen molar-refractivity contribution in [1.82, 2.24) is 4.90 Å². The monoisotopic (exact) mass is 279 g/mol. The molecule has 110 valence electrons. The van der Waals surface area contributed by atoms with Crippen LogP contribution in [0.4, 0.5) is 4.39 Å². The lowest BCUT2D eigenvalue weighted by atomic mass is 9.76. The number of aliphatic carboxylic acids is 1. The van der Waals surface area contributed by atoms with Crippen molar-refractivity contribution in [3.05, 3.63) is 35.6 Å². The summed E-state index contributed by atoms with van der Waals surface area (Å²) in [5, 5.41) is 9.56. The van der Waals surface area contributed by atoms with Gasteiger partial charge < -0.3 is 5.11 Å². The van der Waals surface area contributed by atoms with Gasteiger partial charge in [0.1, 0.15) is 5.82 Å². The molecule has 2 rings (SSSR count). The highest BCUT2D eigenvalue weighted by Crippen LogP contribution is 2.35. The maximum absolute atomic E-state index is 13.7. The van der Waals surface area contributed by atoms with E-state index in [1.54, 1.807) is 12.1 Å². The summed E-state index contributed by atoms with van der Waals surface area (Å²) in [6.07, 6.45) is 3.14. The lowest BCUT2D eigenvalue weighted by Crippen LogP contribution is -2.47. The van der Waals surface area contributed by atoms with Gasteiger partial charge in [-0.25, -0.2) is 4.39 Å². The highest BCUT2D eigenvalue weighted by molar-refractivity contribution is 5.75. The normalized spacial score (nSPS) is 23.7. The molecule has 0 bridgehead atoms. The van der Waals surface area contributed by atoms with Crippen molar-refractivity contribution in [2.75, 3.05) is 13.1 Å². The smallest absolute Gasteiger partial charge is 0.310 e. The van der Waals surface area contributed by atoms with Gasteiger partial charge in [0, 0.05) is 18.7 Å². The van der Waals surface area contributed by atoms with E-state index in [1.807, 2.05) is 13.0 Å². The Bertz CT molecular complexity index is 473. The van der Waals surface area contributed by atoms with Crippen molar-refractivity contribution in [2.45, 2.75) is 39.2 Å². The Morgan fingerprint density at radius 3 is 2.85 bits per heavy atom. The number of carbonyl (C=O) groups is 1. The first-order chi connectivity index (χ1) is 9.57. The van der Waals surface area contributed by atoms with Gasteiger partial charge in [-0.1, -0.05) is 31.5 Å². The molecule has 0 aliphatic carbocycles. The molecule has 1 aliphatic rings. The van der Waals surface area contributed by atoms with Gasteiger partial charge in [0.15, 0.2) is 0 Å². The fraction of sp³-hybridized carbons (Fsp3) is 0.562. The average Bonchev–Trinajstić information content (AvgIpc) is 2.42. The molecule has 1 aromatic carbocycles. The van der Waals surface area contributed by atoms with Crippen LogP contribution in [-0.4, -0.2) is 29.1 Å². The topological polar surface area (TPSA) is 40.5 Å². The number of likely N-dealkylation sites (tertiary alicyclic amines) is 1. The molecular formula is C16H22FNO2. The van der Waals surface area contributed by atoms with Crippen LogP contribution in [0.1, 0.15) is 38.2 Å². The Labute approximate surface area is 119 Å². The number of halogens is 1. The van der Waals surface area contributed by atoms with Gasteiger partial charge in [0.2, 0.25) is 0 Å². The maximum atomic E-state index is 13.7. The molecule has 0 radical (unpaired) electrons. The Kier molecular flexibility index (Phi) is 4.76. The number of hydrogen-bond donors (Lipinski definition) is 1. The van der Waals surface area contributed by atoms with E-state index >= 15 is 0 Å². The molecule has 0 aromatic heterocycles. The number of nitrogens with zero attached hydrogens (tertiary/aromatic N) is 1. The molecule has 1 fully saturated rings. The third-order valence-electron chi connectivity index (χ3n) is 4.19. The highest BCUT2D eigenvalue weighted by Gasteiger charge is 2.41. The van der Waals surface area contributed by atoms with Crippen LogP contribution >= 0.6 is 0 Å². The fourth-order valence-electron chi connectivity index (χ4n) is 3.19. The molecule has 1 saturated heterocycles. The molecule has 3 nitrogen and oxygen atoms in total. The zero-order valence-electron chi connectivity index (χ0n) is 11.9. The third-order valence-corrected chi connectivity index (χ3v) is 4.19. The SMILES string of the molecule is CCCC1(C(=O)O)CCCN(Cc2ccccc2F)C1. The molecule has 0 amide bonds. The summed E-state index contributed by atoms with van der Waals surface area (Å²) >= 11 is 0. The highest BCUT2D eigenvalue weighted by atomic mass is 19.1. The molecule has 1 unspecified atom stereocenters. The first-order valence-corrected chi connectivity index (χ1v) is 7.26. The van der Waals surface area contributed by atoms with Gasteiger partial charge in [-0.2, -0.15) is 0 Å². The Morgan fingerprint density at radius 1 is 1.45 bits per heavy atom. The van der Waals surface area contributed by atoms with Crippen molar-refractivity contribution < 1.29 is 14.3 Å². The number of benzene rings is 1. The summed E-state index contributed by atoms with van der Waals surface area (Å²) < 4.78 is 13.7. The molecule has 20 heavy (non-hydrogen) atoms. The van der Waals surface area contributed by atoms with E-state index in [-0.39, 0.29) is 5.82 Å². The Morgan fingerprint density at radius 2 is 2.20 bits per heavy atom. The molecule has 1 N–H and O–H groups in total. The van der Waals surface area contributed by atoms with Crippen molar-refractivity contribution in [3.8, 4) is 0 Å². The van der Waals surface area contributed by atoms with Crippen molar-refractivity contribution in [2.24, 2.45) is 5.41 Å². The van der Waals surface area contributed by atoms with Crippen LogP contribution in [0.3, 0.4) is 0 Å². The minimum Gasteiger partial charge on any atom is -0.481 e. The van der Waals surface area contributed by atoms with Crippen LogP contribution in [0, 0.1) is 11.2 Å². The van der Waals surface area contributed by atoms with Gasteiger partial charge in [-0.15, -0.1) is 0 Å². The standard InChI is InChI=1S/C16H22FNO2/c1-2-8-16(15(19)20)9-5-10-18(12-16)11-13-6-3-4-7-14(13)17/h3-4,6-7H,2,5,8-12H2,1H3,(H,19,20). The molecule has 1 aromatic rings. The lowest BCUT2D eigenvalue weighted by molar-refractivity contribution is -0.153. The largest absolute Gasteiger partial charge is 0.481 e. The number of rotatable bonds is 5. The first kappa shape index (κ1) is 15.0. The summed E-state index contributed by atoms with van der Waals surface area (Å²) in [5.41, 5.74) is -0.0108. The van der Waals surface area contributed by atoms with Crippen molar-refractivity contribution >= 4 is 5.97 Å². The van der Waals surface area contributed by atoms with Gasteiger partial charge in [-0.3, -0.25) is 9.69 Å². The van der Waals surface area contributed by atoms with Gasteiger partial charge in [0.05, 0.1) is 5.41 Å². The van der Waals surface area contributed by atoms with E-state index in [2.05, 4.69) is 4.90 Å². The Hall–Kier alpha value is -1.42. The van der Waals surface area contributed by atoms with E-state index < -0.39 is 11.4 Å². The number of piperidine rings is 1. The van der Waals surface area contributed by atoms with Crippen LogP contribution in [0.25, 0.3) is 0 Å². The van der Waals surface area contributed by atoms with Crippen molar-refractivity contribution in [1.29, 1.82) is 0 Å². The van der Waals surface area contributed by atoms with Gasteiger partial charge >= 0.3 is 5.97 Å². The molecule has 0 saturated carbocycles. The second-order valence-electron chi connectivity index (χ2n) is 5.74. The van der Waals surface area contributed by atoms with Crippen LogP contribution in [-0.2, 0) is 11.3 Å². The van der Waals surface area contributed by atoms with E-state index in [1.165, 1.54) is 6.07 Å². The summed E-state index contributed by atoms with van der Waals surface area (Å²) in [4.78, 5) is 13.7. The van der Waals surface area contributed by atoms with E-state index in [0.717, 1.165) is 25.8 Å². The summed E-state index contributed by atoms with van der Waals surface area (Å²) in [6, 6.07) is 6.72. The molecule has 1 aliphatic heterocycles. The summed E-state index contributed by atoms with van der Waals surface area (Å²) in [7, 11) is 0. The van der Waals surface area contributed by atoms with E-state index in [4.69, 9.17) is 0 Å². The van der Waals surface area contributed by atoms with Crippen LogP contribution in [0.15, 0.2) is 24.3 Å². The summed E-state index contributed by atoms with van der Waals surface area (Å²) in [6.45, 7) is 3.86. The fourth-order valence-corrected chi connectivity index (χ4v) is 3.19. The van der Waals surface area contributed by atoms with E-state index in [0.29, 0.717) is 25.1 Å². The quantitative estimate of drug-likeness (QED) is 0.899. The molecule has 0 spiro atoms. The number of carboxylic acid groups (broad SMARTS) is 1. The summed E-state index contributed by atoms with van der Waals surface area (Å²) in [5.74, 6) is -0.924. The van der Waals surface area contributed by atoms with Gasteiger partial charge in [-0.05, 0) is 31.9 Å². The minimum absolute atomic E-state index is 0.213. The molecule has 1 atom stereocenters. The second kappa shape index (κ2) is 6.35. The molecule has 1 heterocycles. The second-order valence-corrected chi connectivity index (χ2v) is 5.74. The Balaban J connectivity index is 2.10. The zero-order chi connectivity index (χ0) is 14.6. The number of carboxylic acids is 1. The molecule has 4 heteroatoms. The molecular weight excluding hydrogens is 257 g/mol. The van der Waals surface area contributed by atoms with E-state index in [9.17, 15) is 14.3 Å². The maximum Gasteiger partial charge on any atom is 0.310 e. The van der Waals surface area contributed by atoms with Gasteiger partial charge in [0.25, 0.3) is 0 Å². The zero-order valence-corrected chi connectivity index (χ0v) is 11.9. The average molecular weight is 279 g/mol. The third kappa shape index (κ3) is 3.18.